The number of benzene rings is 2. The number of hydrazone groups is 1. The molecule has 1 amide bonds. The summed E-state index contributed by atoms with van der Waals surface area (Å²) < 4.78 is 12.8. The van der Waals surface area contributed by atoms with Crippen molar-refractivity contribution in [2.75, 3.05) is 25.1 Å². The molecule has 0 spiro atoms. The largest absolute Gasteiger partial charge is 0.395 e. The van der Waals surface area contributed by atoms with E-state index in [1.807, 2.05) is 36.2 Å². The second kappa shape index (κ2) is 8.79. The van der Waals surface area contributed by atoms with Gasteiger partial charge in [0.05, 0.1) is 19.2 Å². The molecule has 6 heteroatoms. The van der Waals surface area contributed by atoms with Crippen LogP contribution in [0.15, 0.2) is 53.6 Å². The minimum atomic E-state index is -0.328. The molecule has 0 bridgehead atoms. The second-order valence-electron chi connectivity index (χ2n) is 5.33. The Morgan fingerprint density at radius 2 is 1.88 bits per heavy atom. The number of nitrogens with zero attached hydrogens (tertiary/aromatic N) is 2. The number of anilines is 1. The van der Waals surface area contributed by atoms with Crippen LogP contribution in [0.25, 0.3) is 0 Å². The lowest BCUT2D eigenvalue weighted by Gasteiger charge is -2.17. The summed E-state index contributed by atoms with van der Waals surface area (Å²) in [7, 11) is 1.90. The number of carbonyl (C=O) groups is 1. The maximum Gasteiger partial charge on any atom is 0.244 e. The van der Waals surface area contributed by atoms with E-state index in [1.54, 1.807) is 18.3 Å². The number of nitrogens with one attached hydrogen (secondary N) is 1. The molecule has 24 heavy (non-hydrogen) atoms. The fourth-order valence-electron chi connectivity index (χ4n) is 2.10. The highest BCUT2D eigenvalue weighted by Crippen LogP contribution is 2.12. The molecule has 2 aromatic rings. The van der Waals surface area contributed by atoms with Gasteiger partial charge in [0.25, 0.3) is 0 Å². The van der Waals surface area contributed by atoms with E-state index < -0.39 is 0 Å². The third-order valence-electron chi connectivity index (χ3n) is 3.45. The van der Waals surface area contributed by atoms with E-state index in [9.17, 15) is 9.18 Å². The summed E-state index contributed by atoms with van der Waals surface area (Å²) in [6.45, 7) is 0.659. The van der Waals surface area contributed by atoms with Crippen molar-refractivity contribution in [2.45, 2.75) is 6.42 Å². The van der Waals surface area contributed by atoms with Crippen molar-refractivity contribution in [2.24, 2.45) is 5.10 Å². The molecule has 0 aliphatic carbocycles. The average molecular weight is 329 g/mol. The smallest absolute Gasteiger partial charge is 0.244 e. The Hall–Kier alpha value is -2.73. The summed E-state index contributed by atoms with van der Waals surface area (Å²) in [5.74, 6) is -0.595. The number of hydrogen-bond donors (Lipinski definition) is 2. The van der Waals surface area contributed by atoms with E-state index in [0.29, 0.717) is 6.54 Å². The number of halogens is 1. The Bertz CT molecular complexity index is 684. The van der Waals surface area contributed by atoms with Gasteiger partial charge in [0, 0.05) is 19.3 Å². The van der Waals surface area contributed by atoms with Crippen LogP contribution in [0.1, 0.15) is 11.1 Å². The molecule has 126 valence electrons. The average Bonchev–Trinajstić information content (AvgIpc) is 2.58. The lowest BCUT2D eigenvalue weighted by molar-refractivity contribution is -0.120. The number of rotatable bonds is 7. The zero-order chi connectivity index (χ0) is 17.4. The Morgan fingerprint density at radius 1 is 1.21 bits per heavy atom. The van der Waals surface area contributed by atoms with Crippen molar-refractivity contribution in [1.29, 1.82) is 0 Å². The molecule has 0 unspecified atom stereocenters. The van der Waals surface area contributed by atoms with Crippen molar-refractivity contribution in [3.8, 4) is 0 Å². The summed E-state index contributed by atoms with van der Waals surface area (Å²) in [4.78, 5) is 13.7. The van der Waals surface area contributed by atoms with E-state index in [-0.39, 0.29) is 24.8 Å². The molecule has 0 saturated carbocycles. The second-order valence-corrected chi connectivity index (χ2v) is 5.33. The van der Waals surface area contributed by atoms with Crippen LogP contribution >= 0.6 is 0 Å². The topological polar surface area (TPSA) is 64.9 Å². The van der Waals surface area contributed by atoms with Crippen molar-refractivity contribution < 1.29 is 14.3 Å². The van der Waals surface area contributed by atoms with Gasteiger partial charge >= 0.3 is 0 Å². The summed E-state index contributed by atoms with van der Waals surface area (Å²) in [6.07, 6.45) is 1.70. The van der Waals surface area contributed by atoms with E-state index in [2.05, 4.69) is 10.5 Å². The van der Waals surface area contributed by atoms with Gasteiger partial charge in [-0.05, 0) is 35.4 Å². The van der Waals surface area contributed by atoms with E-state index >= 15 is 0 Å². The molecular weight excluding hydrogens is 309 g/mol. The molecule has 2 N–H and O–H groups in total. The van der Waals surface area contributed by atoms with E-state index in [1.165, 1.54) is 12.1 Å². The highest BCUT2D eigenvalue weighted by Gasteiger charge is 2.02. The Labute approximate surface area is 140 Å². The molecule has 0 atom stereocenters. The van der Waals surface area contributed by atoms with Crippen LogP contribution in [-0.4, -0.2) is 37.4 Å². The molecule has 2 rings (SSSR count). The zero-order valence-corrected chi connectivity index (χ0v) is 13.4. The first-order valence-corrected chi connectivity index (χ1v) is 7.57. The van der Waals surface area contributed by atoms with Gasteiger partial charge in [-0.15, -0.1) is 0 Å². The van der Waals surface area contributed by atoms with Gasteiger partial charge in [-0.3, -0.25) is 4.79 Å². The van der Waals surface area contributed by atoms with Gasteiger partial charge in [-0.25, -0.2) is 9.82 Å². The van der Waals surface area contributed by atoms with Crippen molar-refractivity contribution in [3.63, 3.8) is 0 Å². The molecule has 0 aliphatic rings. The molecule has 0 saturated heterocycles. The lowest BCUT2D eigenvalue weighted by atomic mass is 10.1. The van der Waals surface area contributed by atoms with Crippen LogP contribution in [0.3, 0.4) is 0 Å². The van der Waals surface area contributed by atoms with Gasteiger partial charge in [0.2, 0.25) is 5.91 Å². The molecule has 0 fully saturated rings. The number of aliphatic hydroxyl groups excluding tert-OH is 1. The molecule has 0 aliphatic heterocycles. The van der Waals surface area contributed by atoms with Gasteiger partial charge < -0.3 is 10.0 Å². The maximum atomic E-state index is 12.8. The number of carbonyl (C=O) groups excluding carboxylic acids is 1. The van der Waals surface area contributed by atoms with E-state index in [4.69, 9.17) is 5.11 Å². The maximum absolute atomic E-state index is 12.8. The standard InChI is InChI=1S/C18H20FN3O2/c1-22(10-11-23)17-8-4-15(5-9-17)13-20-21-18(24)12-14-2-6-16(19)7-3-14/h2-9,13,23H,10-12H2,1H3,(H,21,24)/b20-13+. The van der Waals surface area contributed by atoms with Crippen LogP contribution in [0, 0.1) is 5.82 Å². The van der Waals surface area contributed by atoms with Crippen molar-refractivity contribution in [3.05, 3.63) is 65.5 Å². The molecule has 0 aromatic heterocycles. The zero-order valence-electron chi connectivity index (χ0n) is 13.4. The third-order valence-corrected chi connectivity index (χ3v) is 3.45. The Morgan fingerprint density at radius 3 is 2.50 bits per heavy atom. The lowest BCUT2D eigenvalue weighted by Crippen LogP contribution is -2.21. The molecule has 5 nitrogen and oxygen atoms in total. The Kier molecular flexibility index (Phi) is 6.45. The van der Waals surface area contributed by atoms with Gasteiger partial charge in [0.1, 0.15) is 5.82 Å². The predicted molar refractivity (Wildman–Crippen MR) is 92.6 cm³/mol. The third kappa shape index (κ3) is 5.48. The highest BCUT2D eigenvalue weighted by molar-refractivity contribution is 5.83. The molecule has 2 aromatic carbocycles. The molecular formula is C18H20FN3O2. The fraction of sp³-hybridized carbons (Fsp3) is 0.222. The minimum absolute atomic E-state index is 0.0970. The fourth-order valence-corrected chi connectivity index (χ4v) is 2.10. The summed E-state index contributed by atoms with van der Waals surface area (Å²) in [5, 5.41) is 12.8. The molecule has 0 radical (unpaired) electrons. The number of likely N-dealkylation sites (N-methyl/N-ethyl adjacent to an activating group) is 1. The predicted octanol–water partition coefficient (Wildman–Crippen LogP) is 1.95. The summed E-state index contributed by atoms with van der Waals surface area (Å²) in [6, 6.07) is 13.4. The first kappa shape index (κ1) is 17.6. The summed E-state index contributed by atoms with van der Waals surface area (Å²) >= 11 is 0. The highest BCUT2D eigenvalue weighted by atomic mass is 19.1. The minimum Gasteiger partial charge on any atom is -0.395 e. The number of aliphatic hydroxyl groups is 1. The summed E-state index contributed by atoms with van der Waals surface area (Å²) in [5.41, 5.74) is 5.00. The van der Waals surface area contributed by atoms with Crippen LogP contribution in [0.5, 0.6) is 0 Å². The number of amides is 1. The normalized spacial score (nSPS) is 10.8. The van der Waals surface area contributed by atoms with Crippen LogP contribution < -0.4 is 10.3 Å². The molecule has 0 heterocycles. The van der Waals surface area contributed by atoms with Crippen LogP contribution in [-0.2, 0) is 11.2 Å². The van der Waals surface area contributed by atoms with E-state index in [0.717, 1.165) is 16.8 Å². The van der Waals surface area contributed by atoms with Crippen LogP contribution in [0.4, 0.5) is 10.1 Å². The van der Waals surface area contributed by atoms with Gasteiger partial charge in [-0.1, -0.05) is 24.3 Å². The van der Waals surface area contributed by atoms with Gasteiger partial charge in [0.15, 0.2) is 0 Å². The van der Waals surface area contributed by atoms with Crippen molar-refractivity contribution in [1.82, 2.24) is 5.43 Å². The first-order valence-electron chi connectivity index (χ1n) is 7.57. The van der Waals surface area contributed by atoms with Gasteiger partial charge in [-0.2, -0.15) is 5.10 Å². The number of hydrogen-bond acceptors (Lipinski definition) is 4. The Balaban J connectivity index is 1.84. The quantitative estimate of drug-likeness (QED) is 0.603. The SMILES string of the molecule is CN(CCO)c1ccc(/C=N/NC(=O)Cc2ccc(F)cc2)cc1. The monoisotopic (exact) mass is 329 g/mol. The van der Waals surface area contributed by atoms with Crippen molar-refractivity contribution >= 4 is 17.8 Å². The first-order chi connectivity index (χ1) is 11.6. The van der Waals surface area contributed by atoms with Crippen LogP contribution in [0.2, 0.25) is 0 Å².